The molecule has 3 N–H and O–H groups in total. The number of hydrogen-bond donors (Lipinski definition) is 3. The van der Waals surface area contributed by atoms with Gasteiger partial charge in [0.05, 0.1) is 19.2 Å². The highest BCUT2D eigenvalue weighted by molar-refractivity contribution is 5.38. The third-order valence-electron chi connectivity index (χ3n) is 8.47. The van der Waals surface area contributed by atoms with E-state index in [4.69, 9.17) is 4.17 Å². The first-order chi connectivity index (χ1) is 15.7. The van der Waals surface area contributed by atoms with Crippen LogP contribution in [0.25, 0.3) is 0 Å². The molecule has 3 aliphatic rings. The Morgan fingerprint density at radius 3 is 2.71 bits per heavy atom. The van der Waals surface area contributed by atoms with Crippen LogP contribution in [0.15, 0.2) is 47.6 Å². The van der Waals surface area contributed by atoms with E-state index in [0.29, 0.717) is 28.9 Å². The number of hydrogen-bond acceptors (Lipinski definition) is 3. The molecule has 0 aromatic rings. The van der Waals surface area contributed by atoms with Gasteiger partial charge in [-0.15, -0.1) is 0 Å². The first-order valence-electron chi connectivity index (χ1n) is 13.5. The maximum atomic E-state index is 10.4. The second-order valence-corrected chi connectivity index (χ2v) is 11.0. The van der Waals surface area contributed by atoms with E-state index in [1.54, 1.807) is 0 Å². The molecule has 0 amide bonds. The summed E-state index contributed by atoms with van der Waals surface area (Å²) in [6.07, 6.45) is 10.2. The summed E-state index contributed by atoms with van der Waals surface area (Å²) in [5.74, 6) is 1.64. The van der Waals surface area contributed by atoms with Crippen LogP contribution in [0.4, 0.5) is 0 Å². The molecular weight excluding hydrogens is 384 g/mol. The predicted molar refractivity (Wildman–Crippen MR) is 128 cm³/mol. The van der Waals surface area contributed by atoms with Gasteiger partial charge >= 0.3 is 0 Å². The maximum absolute atomic E-state index is 10.4. The molecule has 3 heteroatoms. The Bertz CT molecular complexity index is 857. The number of rotatable bonds is 6. The lowest BCUT2D eigenvalue weighted by Gasteiger charge is -2.44. The zero-order chi connectivity index (χ0) is 25.5. The molecule has 0 aromatic carbocycles. The molecule has 0 spiro atoms. The number of aliphatic hydroxyl groups excluding tert-OH is 1. The summed E-state index contributed by atoms with van der Waals surface area (Å²) in [5, 5.41) is 25.2. The quantitative estimate of drug-likeness (QED) is 0.471. The predicted octanol–water partition coefficient (Wildman–Crippen LogP) is 5.73. The van der Waals surface area contributed by atoms with E-state index in [-0.39, 0.29) is 17.8 Å². The first kappa shape index (κ1) is 20.4. The van der Waals surface area contributed by atoms with Crippen LogP contribution in [-0.2, 0) is 0 Å². The highest BCUT2D eigenvalue weighted by atomic mass is 16.3. The smallest absolute Gasteiger partial charge is 0.210 e. The van der Waals surface area contributed by atoms with Crippen LogP contribution in [0, 0.1) is 29.1 Å². The average Bonchev–Trinajstić information content (AvgIpc) is 3.14. The summed E-state index contributed by atoms with van der Waals surface area (Å²) >= 11 is 0. The van der Waals surface area contributed by atoms with E-state index in [1.165, 1.54) is 18.4 Å². The zero-order valence-electron chi connectivity index (χ0n) is 23.0. The van der Waals surface area contributed by atoms with E-state index in [0.717, 1.165) is 19.3 Å². The molecule has 3 rings (SSSR count). The van der Waals surface area contributed by atoms with Gasteiger partial charge in [-0.05, 0) is 86.7 Å². The van der Waals surface area contributed by atoms with Crippen molar-refractivity contribution in [3.63, 3.8) is 0 Å². The molecule has 0 aliphatic heterocycles. The lowest BCUT2D eigenvalue weighted by molar-refractivity contribution is 0.0436. The summed E-state index contributed by atoms with van der Waals surface area (Å²) < 4.78 is 23.6. The van der Waals surface area contributed by atoms with Crippen LogP contribution in [-0.4, -0.2) is 34.5 Å². The fourth-order valence-corrected chi connectivity index (χ4v) is 6.06. The molecule has 3 saturated carbocycles. The molecule has 0 saturated heterocycles. The Kier molecular flexibility index (Phi) is 6.18. The van der Waals surface area contributed by atoms with Crippen molar-refractivity contribution in [1.29, 1.82) is 1.43 Å². The fourth-order valence-electron chi connectivity index (χ4n) is 6.06. The van der Waals surface area contributed by atoms with Gasteiger partial charge in [-0.3, -0.25) is 0 Å². The number of aliphatic hydroxyl groups is 3. The van der Waals surface area contributed by atoms with Gasteiger partial charge in [0.2, 0.25) is 1.43 Å². The topological polar surface area (TPSA) is 60.7 Å². The lowest BCUT2D eigenvalue weighted by atomic mass is 9.61. The average molecular weight is 432 g/mol. The minimum absolute atomic E-state index is 0.0795. The van der Waals surface area contributed by atoms with Gasteiger partial charge in [0, 0.05) is 13.7 Å². The maximum Gasteiger partial charge on any atom is 0.210 e. The molecule has 0 aromatic heterocycles. The van der Waals surface area contributed by atoms with E-state index >= 15 is 0 Å². The van der Waals surface area contributed by atoms with Gasteiger partial charge in [0.25, 0.3) is 0 Å². The summed E-state index contributed by atoms with van der Waals surface area (Å²) in [6.45, 7) is 14.5. The van der Waals surface area contributed by atoms with E-state index < -0.39 is 24.2 Å². The van der Waals surface area contributed by atoms with E-state index in [2.05, 4.69) is 50.7 Å². The normalized spacial score (nSPS) is 45.4. The van der Waals surface area contributed by atoms with Crippen molar-refractivity contribution in [2.75, 3.05) is 0 Å². The SMILES string of the molecule is [2H]O[C@]1([2H])C/C(=C/C=C2\CCC[C@]3(C)[C@@H]([C@H](C)/C=C/[C@H](C)C(C)(C)O)CC[C@@H]23)C(=C)[C@@H](O)C1[2H]. The van der Waals surface area contributed by atoms with Gasteiger partial charge in [0.15, 0.2) is 0 Å². The Balaban J connectivity index is 1.80. The standard InChI is InChI=1S/C28H44O3/c1-18(9-10-19(2)27(4,5)31)24-13-14-25-21(8-7-15-28(24,25)6)11-12-22-16-23(29)17-26(30)20(22)3/h9-12,18-19,23-26,29-31H,3,7-8,13-17H2,1-2,4-6H3/b10-9+,21-11+,22-12-/t18-,19+,23-,24-,25+,26+,28-/m1/s1/i17D,23D,29D/t17?,18-,19+,23-,24-,25+,26+,28-. The van der Waals surface area contributed by atoms with Crippen molar-refractivity contribution in [2.24, 2.45) is 29.1 Å². The highest BCUT2D eigenvalue weighted by Gasteiger charge is 2.50. The third kappa shape index (κ3) is 5.26. The molecule has 3 nitrogen and oxygen atoms in total. The van der Waals surface area contributed by atoms with Crippen molar-refractivity contribution in [1.82, 2.24) is 0 Å². The first-order valence-corrected chi connectivity index (χ1v) is 12.0. The Morgan fingerprint density at radius 2 is 2.03 bits per heavy atom. The van der Waals surface area contributed by atoms with Crippen LogP contribution >= 0.6 is 0 Å². The second kappa shape index (κ2) is 9.37. The fraction of sp³-hybridized carbons (Fsp3) is 0.714. The molecule has 31 heavy (non-hydrogen) atoms. The molecule has 1 unspecified atom stereocenters. The van der Waals surface area contributed by atoms with Crippen LogP contribution in [0.1, 0.15) is 82.3 Å². The number of allylic oxidation sites excluding steroid dienone is 4. The van der Waals surface area contributed by atoms with Crippen molar-refractivity contribution >= 4 is 0 Å². The second-order valence-electron chi connectivity index (χ2n) is 11.0. The van der Waals surface area contributed by atoms with Gasteiger partial charge < -0.3 is 15.3 Å². The molecule has 0 heterocycles. The van der Waals surface area contributed by atoms with Gasteiger partial charge in [-0.1, -0.05) is 57.2 Å². The molecule has 8 atom stereocenters. The molecule has 0 bridgehead atoms. The summed E-state index contributed by atoms with van der Waals surface area (Å²) in [7, 11) is 0. The molecule has 174 valence electrons. The van der Waals surface area contributed by atoms with Gasteiger partial charge in [-0.25, -0.2) is 0 Å². The van der Waals surface area contributed by atoms with E-state index in [9.17, 15) is 10.2 Å². The zero-order valence-corrected chi connectivity index (χ0v) is 20.0. The van der Waals surface area contributed by atoms with Crippen LogP contribution in [0.2, 0.25) is 0 Å². The minimum Gasteiger partial charge on any atom is -0.393 e. The summed E-state index contributed by atoms with van der Waals surface area (Å²) in [5.41, 5.74) is 2.08. The van der Waals surface area contributed by atoms with Gasteiger partial charge in [-0.2, -0.15) is 0 Å². The van der Waals surface area contributed by atoms with Crippen molar-refractivity contribution < 1.29 is 18.1 Å². The molecule has 3 aliphatic carbocycles. The summed E-state index contributed by atoms with van der Waals surface area (Å²) in [4.78, 5) is 0. The highest BCUT2D eigenvalue weighted by Crippen LogP contribution is 2.59. The lowest BCUT2D eigenvalue weighted by Crippen LogP contribution is -2.35. The largest absolute Gasteiger partial charge is 0.393 e. The van der Waals surface area contributed by atoms with Crippen LogP contribution in [0.5, 0.6) is 0 Å². The Labute approximate surface area is 194 Å². The minimum atomic E-state index is -1.79. The monoisotopic (exact) mass is 431 g/mol. The van der Waals surface area contributed by atoms with Gasteiger partial charge in [0.1, 0.15) is 0 Å². The number of fused-ring (bicyclic) bond motifs is 1. The van der Waals surface area contributed by atoms with Crippen molar-refractivity contribution in [3.8, 4) is 0 Å². The van der Waals surface area contributed by atoms with Crippen molar-refractivity contribution in [2.45, 2.75) is 97.3 Å². The summed E-state index contributed by atoms with van der Waals surface area (Å²) in [6, 6.07) is 0. The molecule has 0 radical (unpaired) electrons. The molecular formula is C28H44O3. The Hall–Kier alpha value is -1.16. The van der Waals surface area contributed by atoms with Crippen LogP contribution in [0.3, 0.4) is 0 Å². The van der Waals surface area contributed by atoms with Crippen LogP contribution < -0.4 is 0 Å². The van der Waals surface area contributed by atoms with E-state index in [1.807, 2.05) is 19.9 Å². The van der Waals surface area contributed by atoms with Crippen molar-refractivity contribution in [3.05, 3.63) is 47.6 Å². The molecule has 3 fully saturated rings. The third-order valence-corrected chi connectivity index (χ3v) is 8.47. The Morgan fingerprint density at radius 1 is 1.29 bits per heavy atom.